The predicted molar refractivity (Wildman–Crippen MR) is 71.7 cm³/mol. The third-order valence-corrected chi connectivity index (χ3v) is 5.51. The van der Waals surface area contributed by atoms with E-state index >= 15 is 0 Å². The summed E-state index contributed by atoms with van der Waals surface area (Å²) in [7, 11) is -3.46. The SMILES string of the molecule is Cc1ccc([C@@H]2[C@@H](S(C)(=O)=O)[C@]2(CN)C(=O)O)cc1. The second-order valence-electron chi connectivity index (χ2n) is 5.19. The van der Waals surface area contributed by atoms with Gasteiger partial charge in [0, 0.05) is 18.7 Å². The Labute approximate surface area is 112 Å². The molecular weight excluding hydrogens is 266 g/mol. The molecule has 1 aromatic carbocycles. The average Bonchev–Trinajstić information content (AvgIpc) is 3.00. The van der Waals surface area contributed by atoms with Gasteiger partial charge in [-0.15, -0.1) is 0 Å². The smallest absolute Gasteiger partial charge is 0.312 e. The Balaban J connectivity index is 2.50. The van der Waals surface area contributed by atoms with Crippen molar-refractivity contribution in [3.05, 3.63) is 35.4 Å². The Bertz CT molecular complexity index is 608. The number of aliphatic carboxylic acids is 1. The van der Waals surface area contributed by atoms with Gasteiger partial charge in [-0.1, -0.05) is 29.8 Å². The van der Waals surface area contributed by atoms with Crippen molar-refractivity contribution in [2.24, 2.45) is 11.1 Å². The summed E-state index contributed by atoms with van der Waals surface area (Å²) < 4.78 is 23.6. The first-order valence-corrected chi connectivity index (χ1v) is 7.89. The van der Waals surface area contributed by atoms with Gasteiger partial charge >= 0.3 is 5.97 Å². The van der Waals surface area contributed by atoms with Crippen molar-refractivity contribution in [3.63, 3.8) is 0 Å². The minimum atomic E-state index is -3.46. The highest BCUT2D eigenvalue weighted by Gasteiger charge is 2.74. The van der Waals surface area contributed by atoms with Crippen molar-refractivity contribution in [1.82, 2.24) is 0 Å². The molecule has 104 valence electrons. The summed E-state index contributed by atoms with van der Waals surface area (Å²) in [6, 6.07) is 7.24. The van der Waals surface area contributed by atoms with E-state index in [1.807, 2.05) is 19.1 Å². The van der Waals surface area contributed by atoms with Crippen LogP contribution in [0.25, 0.3) is 0 Å². The van der Waals surface area contributed by atoms with Crippen LogP contribution in [0.3, 0.4) is 0 Å². The van der Waals surface area contributed by atoms with Gasteiger partial charge in [-0.3, -0.25) is 4.79 Å². The van der Waals surface area contributed by atoms with Crippen LogP contribution in [0.2, 0.25) is 0 Å². The zero-order valence-corrected chi connectivity index (χ0v) is 11.6. The van der Waals surface area contributed by atoms with Gasteiger partial charge in [0.05, 0.1) is 5.25 Å². The van der Waals surface area contributed by atoms with Crippen LogP contribution >= 0.6 is 0 Å². The quantitative estimate of drug-likeness (QED) is 0.840. The fourth-order valence-electron chi connectivity index (χ4n) is 2.87. The highest BCUT2D eigenvalue weighted by atomic mass is 32.2. The maximum atomic E-state index is 11.8. The van der Waals surface area contributed by atoms with Crippen molar-refractivity contribution < 1.29 is 18.3 Å². The first kappa shape index (κ1) is 14.0. The molecule has 1 aromatic rings. The van der Waals surface area contributed by atoms with Gasteiger partial charge in [-0.2, -0.15) is 0 Å². The lowest BCUT2D eigenvalue weighted by Gasteiger charge is -2.09. The van der Waals surface area contributed by atoms with Crippen molar-refractivity contribution in [2.75, 3.05) is 12.8 Å². The summed E-state index contributed by atoms with van der Waals surface area (Å²) in [4.78, 5) is 11.5. The molecule has 5 nitrogen and oxygen atoms in total. The summed E-state index contributed by atoms with van der Waals surface area (Å²) in [5.74, 6) is -1.71. The number of rotatable bonds is 4. The molecule has 0 saturated heterocycles. The van der Waals surface area contributed by atoms with Crippen molar-refractivity contribution in [2.45, 2.75) is 18.1 Å². The number of hydrogen-bond donors (Lipinski definition) is 2. The summed E-state index contributed by atoms with van der Waals surface area (Å²) in [5.41, 5.74) is 5.94. The Kier molecular flexibility index (Phi) is 3.18. The zero-order valence-electron chi connectivity index (χ0n) is 10.8. The van der Waals surface area contributed by atoms with Crippen molar-refractivity contribution in [1.29, 1.82) is 0 Å². The Morgan fingerprint density at radius 3 is 2.21 bits per heavy atom. The third kappa shape index (κ3) is 2.04. The second kappa shape index (κ2) is 4.31. The molecular formula is C13H17NO4S. The first-order valence-electron chi connectivity index (χ1n) is 5.94. The summed E-state index contributed by atoms with van der Waals surface area (Å²) in [6.45, 7) is 1.73. The fraction of sp³-hybridized carbons (Fsp3) is 0.462. The lowest BCUT2D eigenvalue weighted by atomic mass is 9.99. The van der Waals surface area contributed by atoms with Crippen LogP contribution in [0, 0.1) is 12.3 Å². The molecule has 1 saturated carbocycles. The van der Waals surface area contributed by atoms with Gasteiger partial charge in [-0.25, -0.2) is 8.42 Å². The molecule has 0 radical (unpaired) electrons. The van der Waals surface area contributed by atoms with Crippen molar-refractivity contribution in [3.8, 4) is 0 Å². The number of hydrogen-bond acceptors (Lipinski definition) is 4. The Morgan fingerprint density at radius 1 is 1.37 bits per heavy atom. The van der Waals surface area contributed by atoms with Gasteiger partial charge in [0.15, 0.2) is 9.84 Å². The number of aryl methyl sites for hydroxylation is 1. The molecule has 0 spiro atoms. The second-order valence-corrected chi connectivity index (χ2v) is 7.36. The van der Waals surface area contributed by atoms with Crippen LogP contribution in [0.4, 0.5) is 0 Å². The monoisotopic (exact) mass is 283 g/mol. The minimum Gasteiger partial charge on any atom is -0.481 e. The molecule has 2 rings (SSSR count). The largest absolute Gasteiger partial charge is 0.481 e. The number of benzene rings is 1. The summed E-state index contributed by atoms with van der Waals surface area (Å²) in [5, 5.41) is 8.44. The van der Waals surface area contributed by atoms with Gasteiger partial charge in [0.1, 0.15) is 5.41 Å². The minimum absolute atomic E-state index is 0.182. The molecule has 0 amide bonds. The molecule has 19 heavy (non-hydrogen) atoms. The van der Waals surface area contributed by atoms with Gasteiger partial charge in [0.25, 0.3) is 0 Å². The van der Waals surface area contributed by atoms with Gasteiger partial charge in [0.2, 0.25) is 0 Å². The van der Waals surface area contributed by atoms with E-state index in [1.165, 1.54) is 0 Å². The molecule has 0 aliphatic heterocycles. The number of carboxylic acids is 1. The van der Waals surface area contributed by atoms with E-state index in [0.717, 1.165) is 11.8 Å². The normalized spacial score (nSPS) is 30.1. The third-order valence-electron chi connectivity index (χ3n) is 3.89. The number of carboxylic acid groups (broad SMARTS) is 1. The van der Waals surface area contributed by atoms with Crippen molar-refractivity contribution >= 4 is 15.8 Å². The highest BCUT2D eigenvalue weighted by Crippen LogP contribution is 2.62. The average molecular weight is 283 g/mol. The fourth-order valence-corrected chi connectivity index (χ4v) is 4.79. The van der Waals surface area contributed by atoms with E-state index in [1.54, 1.807) is 12.1 Å². The molecule has 1 aliphatic carbocycles. The summed E-state index contributed by atoms with van der Waals surface area (Å²) in [6.07, 6.45) is 1.07. The van der Waals surface area contributed by atoms with Crippen LogP contribution in [0.15, 0.2) is 24.3 Å². The molecule has 1 aliphatic rings. The van der Waals surface area contributed by atoms with Crippen LogP contribution in [0.1, 0.15) is 17.0 Å². The summed E-state index contributed by atoms with van der Waals surface area (Å²) >= 11 is 0. The molecule has 0 heterocycles. The number of sulfone groups is 1. The van der Waals surface area contributed by atoms with Crippen LogP contribution in [0.5, 0.6) is 0 Å². The van der Waals surface area contributed by atoms with Crippen LogP contribution in [-0.4, -0.2) is 37.5 Å². The van der Waals surface area contributed by atoms with E-state index in [9.17, 15) is 18.3 Å². The van der Waals surface area contributed by atoms with Crippen LogP contribution in [-0.2, 0) is 14.6 Å². The number of carbonyl (C=O) groups is 1. The van der Waals surface area contributed by atoms with E-state index in [-0.39, 0.29) is 6.54 Å². The highest BCUT2D eigenvalue weighted by molar-refractivity contribution is 7.91. The molecule has 3 atom stereocenters. The lowest BCUT2D eigenvalue weighted by Crippen LogP contribution is -2.31. The van der Waals surface area contributed by atoms with E-state index in [0.29, 0.717) is 5.56 Å². The molecule has 0 aromatic heterocycles. The topological polar surface area (TPSA) is 97.5 Å². The Hall–Kier alpha value is -1.40. The maximum Gasteiger partial charge on any atom is 0.312 e. The number of nitrogens with two attached hydrogens (primary N) is 1. The predicted octanol–water partition coefficient (Wildman–Crippen LogP) is 0.535. The molecule has 0 unspecified atom stereocenters. The van der Waals surface area contributed by atoms with Crippen LogP contribution < -0.4 is 5.73 Å². The molecule has 3 N–H and O–H groups in total. The first-order chi connectivity index (χ1) is 8.75. The van der Waals surface area contributed by atoms with E-state index in [4.69, 9.17) is 5.73 Å². The zero-order chi connectivity index (χ0) is 14.4. The van der Waals surface area contributed by atoms with Gasteiger partial charge < -0.3 is 10.8 Å². The van der Waals surface area contributed by atoms with E-state index in [2.05, 4.69) is 0 Å². The van der Waals surface area contributed by atoms with E-state index < -0.39 is 32.4 Å². The Morgan fingerprint density at radius 2 is 1.89 bits per heavy atom. The molecule has 6 heteroatoms. The standard InChI is InChI=1S/C13H17NO4S/c1-8-3-5-9(6-4-8)10-11(19(2,17)18)13(10,7-14)12(15)16/h3-6,10-11H,7,14H2,1-2H3,(H,15,16)/t10-,11-,13-/m1/s1. The maximum absolute atomic E-state index is 11.8. The molecule has 1 fully saturated rings. The lowest BCUT2D eigenvalue weighted by molar-refractivity contribution is -0.143. The van der Waals surface area contributed by atoms with Gasteiger partial charge in [-0.05, 0) is 12.5 Å². The molecule has 0 bridgehead atoms.